The van der Waals surface area contributed by atoms with Crippen molar-refractivity contribution >= 4 is 0 Å². The number of benzene rings is 2. The van der Waals surface area contributed by atoms with Gasteiger partial charge in [0.05, 0.1) is 12.5 Å². The maximum absolute atomic E-state index is 12.9. The normalized spacial score (nSPS) is 14.4. The van der Waals surface area contributed by atoms with Gasteiger partial charge in [0.15, 0.2) is 0 Å². The Balaban J connectivity index is 2.07. The molecule has 2 aromatic rings. The van der Waals surface area contributed by atoms with E-state index in [9.17, 15) is 27.1 Å². The van der Waals surface area contributed by atoms with Crippen LogP contribution in [0.2, 0.25) is 0 Å². The number of halogens is 5. The Hall–Kier alpha value is -1.99. The van der Waals surface area contributed by atoms with Crippen molar-refractivity contribution in [2.75, 3.05) is 6.54 Å². The molecule has 0 saturated carbocycles. The first-order valence-corrected chi connectivity index (χ1v) is 7.24. The number of alkyl halides is 3. The summed E-state index contributed by atoms with van der Waals surface area (Å²) < 4.78 is 64.0. The molecule has 0 radical (unpaired) electrons. The van der Waals surface area contributed by atoms with Crippen molar-refractivity contribution in [2.45, 2.75) is 24.7 Å². The van der Waals surface area contributed by atoms with Gasteiger partial charge in [0, 0.05) is 12.6 Å². The number of aliphatic hydroxyl groups excluding tert-OH is 1. The van der Waals surface area contributed by atoms with Gasteiger partial charge in [-0.2, -0.15) is 13.2 Å². The van der Waals surface area contributed by atoms with Gasteiger partial charge in [-0.1, -0.05) is 24.3 Å². The lowest BCUT2D eigenvalue weighted by Gasteiger charge is -2.22. The first-order valence-electron chi connectivity index (χ1n) is 7.24. The molecule has 0 heterocycles. The summed E-state index contributed by atoms with van der Waals surface area (Å²) in [7, 11) is 0. The fraction of sp³-hybridized carbons (Fsp3) is 0.294. The van der Waals surface area contributed by atoms with E-state index in [4.69, 9.17) is 0 Å². The summed E-state index contributed by atoms with van der Waals surface area (Å²) >= 11 is 0. The van der Waals surface area contributed by atoms with Gasteiger partial charge in [-0.25, -0.2) is 8.78 Å². The Kier molecular flexibility index (Phi) is 5.90. The second-order valence-corrected chi connectivity index (χ2v) is 5.40. The zero-order chi connectivity index (χ0) is 17.7. The van der Waals surface area contributed by atoms with Crippen LogP contribution in [0, 0.1) is 11.6 Å². The molecule has 2 atom stereocenters. The van der Waals surface area contributed by atoms with E-state index in [2.05, 4.69) is 5.32 Å². The minimum absolute atomic E-state index is 0.163. The first kappa shape index (κ1) is 18.4. The molecule has 2 nitrogen and oxygen atoms in total. The van der Waals surface area contributed by atoms with Crippen LogP contribution in [0.5, 0.6) is 0 Å². The summed E-state index contributed by atoms with van der Waals surface area (Å²) in [6, 6.07) is 8.61. The van der Waals surface area contributed by atoms with Crippen LogP contribution >= 0.6 is 0 Å². The molecular weight excluding hydrogens is 329 g/mol. The van der Waals surface area contributed by atoms with Crippen molar-refractivity contribution in [1.82, 2.24) is 5.32 Å². The van der Waals surface area contributed by atoms with Gasteiger partial charge in [-0.3, -0.25) is 0 Å². The molecule has 2 N–H and O–H groups in total. The topological polar surface area (TPSA) is 32.3 Å². The number of hydrogen-bond donors (Lipinski definition) is 2. The SMILES string of the molecule is OC(CNC(CC(F)(F)F)c1ccc(F)cc1)c1ccc(F)cc1. The predicted molar refractivity (Wildman–Crippen MR) is 79.2 cm³/mol. The van der Waals surface area contributed by atoms with Crippen molar-refractivity contribution in [2.24, 2.45) is 0 Å². The molecule has 0 aliphatic heterocycles. The molecule has 0 amide bonds. The average Bonchev–Trinajstić information content (AvgIpc) is 2.51. The second kappa shape index (κ2) is 7.72. The standard InChI is InChI=1S/C17H16F5NO/c18-13-5-1-11(2-6-13)15(9-17(20,21)22)23-10-16(24)12-3-7-14(19)8-4-12/h1-8,15-16,23-24H,9-10H2. The van der Waals surface area contributed by atoms with Crippen LogP contribution in [0.25, 0.3) is 0 Å². The lowest BCUT2D eigenvalue weighted by atomic mass is 10.0. The maximum Gasteiger partial charge on any atom is 0.390 e. The highest BCUT2D eigenvalue weighted by molar-refractivity contribution is 5.21. The molecule has 0 spiro atoms. The monoisotopic (exact) mass is 345 g/mol. The third kappa shape index (κ3) is 5.58. The van der Waals surface area contributed by atoms with Crippen LogP contribution in [0.1, 0.15) is 29.7 Å². The van der Waals surface area contributed by atoms with Gasteiger partial charge in [0.1, 0.15) is 11.6 Å². The van der Waals surface area contributed by atoms with E-state index < -0.39 is 36.4 Å². The van der Waals surface area contributed by atoms with Gasteiger partial charge < -0.3 is 10.4 Å². The lowest BCUT2D eigenvalue weighted by molar-refractivity contribution is -0.140. The zero-order valence-electron chi connectivity index (χ0n) is 12.5. The minimum atomic E-state index is -4.42. The van der Waals surface area contributed by atoms with Crippen molar-refractivity contribution < 1.29 is 27.1 Å². The van der Waals surface area contributed by atoms with Gasteiger partial charge in [0.25, 0.3) is 0 Å². The number of aliphatic hydroxyl groups is 1. The van der Waals surface area contributed by atoms with E-state index in [1.165, 1.54) is 24.3 Å². The molecule has 0 bridgehead atoms. The average molecular weight is 345 g/mol. The predicted octanol–water partition coefficient (Wildman–Crippen LogP) is 4.28. The highest BCUT2D eigenvalue weighted by Gasteiger charge is 2.32. The fourth-order valence-corrected chi connectivity index (χ4v) is 2.29. The van der Waals surface area contributed by atoms with Crippen molar-refractivity contribution in [3.05, 3.63) is 71.3 Å². The molecule has 2 aromatic carbocycles. The Morgan fingerprint density at radius 1 is 0.833 bits per heavy atom. The van der Waals surface area contributed by atoms with Gasteiger partial charge in [-0.15, -0.1) is 0 Å². The van der Waals surface area contributed by atoms with E-state index in [0.717, 1.165) is 24.3 Å². The van der Waals surface area contributed by atoms with Gasteiger partial charge >= 0.3 is 6.18 Å². The highest BCUT2D eigenvalue weighted by Crippen LogP contribution is 2.30. The molecule has 0 fully saturated rings. The van der Waals surface area contributed by atoms with Crippen molar-refractivity contribution in [3.63, 3.8) is 0 Å². The highest BCUT2D eigenvalue weighted by atomic mass is 19.4. The summed E-state index contributed by atoms with van der Waals surface area (Å²) in [6.45, 7) is -0.163. The Morgan fingerprint density at radius 3 is 1.75 bits per heavy atom. The molecule has 0 aromatic heterocycles. The lowest BCUT2D eigenvalue weighted by Crippen LogP contribution is -2.30. The van der Waals surface area contributed by atoms with Crippen molar-refractivity contribution in [1.29, 1.82) is 0 Å². The van der Waals surface area contributed by atoms with Crippen LogP contribution in [0.15, 0.2) is 48.5 Å². The fourth-order valence-electron chi connectivity index (χ4n) is 2.29. The summed E-state index contributed by atoms with van der Waals surface area (Å²) in [5.41, 5.74) is 0.647. The van der Waals surface area contributed by atoms with Crippen molar-refractivity contribution in [3.8, 4) is 0 Å². The van der Waals surface area contributed by atoms with Crippen LogP contribution in [0.3, 0.4) is 0 Å². The third-order valence-corrected chi connectivity index (χ3v) is 3.52. The molecule has 7 heteroatoms. The number of hydrogen-bond acceptors (Lipinski definition) is 2. The molecule has 0 saturated heterocycles. The summed E-state index contributed by atoms with van der Waals surface area (Å²) in [6.07, 6.45) is -6.68. The van der Waals surface area contributed by atoms with Crippen LogP contribution in [0.4, 0.5) is 22.0 Å². The quantitative estimate of drug-likeness (QED) is 0.766. The van der Waals surface area contributed by atoms with E-state index in [-0.39, 0.29) is 12.1 Å². The maximum atomic E-state index is 12.9. The number of rotatable bonds is 6. The van der Waals surface area contributed by atoms with Crippen LogP contribution < -0.4 is 5.32 Å². The largest absolute Gasteiger partial charge is 0.390 e. The first-order chi connectivity index (χ1) is 11.2. The smallest absolute Gasteiger partial charge is 0.387 e. The minimum Gasteiger partial charge on any atom is -0.387 e. The molecule has 2 rings (SSSR count). The molecule has 0 aliphatic rings. The number of nitrogens with one attached hydrogen (secondary N) is 1. The molecule has 0 aliphatic carbocycles. The van der Waals surface area contributed by atoms with Gasteiger partial charge in [-0.05, 0) is 35.4 Å². The van der Waals surface area contributed by atoms with Crippen LogP contribution in [-0.4, -0.2) is 17.8 Å². The molecule has 130 valence electrons. The zero-order valence-corrected chi connectivity index (χ0v) is 12.5. The Labute approximate surface area is 135 Å². The summed E-state index contributed by atoms with van der Waals surface area (Å²) in [4.78, 5) is 0. The third-order valence-electron chi connectivity index (χ3n) is 3.52. The molecular formula is C17H16F5NO. The van der Waals surface area contributed by atoms with Gasteiger partial charge in [0.2, 0.25) is 0 Å². The Bertz CT molecular complexity index is 640. The second-order valence-electron chi connectivity index (χ2n) is 5.40. The van der Waals surface area contributed by atoms with E-state index >= 15 is 0 Å². The van der Waals surface area contributed by atoms with E-state index in [1.54, 1.807) is 0 Å². The van der Waals surface area contributed by atoms with E-state index in [0.29, 0.717) is 5.56 Å². The summed E-state index contributed by atoms with van der Waals surface area (Å²) in [5, 5.41) is 12.7. The molecule has 2 unspecified atom stereocenters. The van der Waals surface area contributed by atoms with E-state index in [1.807, 2.05) is 0 Å². The molecule has 24 heavy (non-hydrogen) atoms. The van der Waals surface area contributed by atoms with Crippen LogP contribution in [-0.2, 0) is 0 Å². The Morgan fingerprint density at radius 2 is 1.29 bits per heavy atom. The summed E-state index contributed by atoms with van der Waals surface area (Å²) in [5.74, 6) is -1.02.